The molecule has 1 aromatic rings. The summed E-state index contributed by atoms with van der Waals surface area (Å²) in [5.41, 5.74) is 1.12. The zero-order valence-corrected chi connectivity index (χ0v) is 12.7. The third-order valence-electron chi connectivity index (χ3n) is 2.75. The van der Waals surface area contributed by atoms with Gasteiger partial charge < -0.3 is 15.4 Å². The zero-order chi connectivity index (χ0) is 14.8. The van der Waals surface area contributed by atoms with E-state index in [1.54, 1.807) is 0 Å². The number of hydrogen-bond acceptors (Lipinski definition) is 3. The van der Waals surface area contributed by atoms with E-state index in [4.69, 9.17) is 4.74 Å². The quantitative estimate of drug-likeness (QED) is 0.682. The Morgan fingerprint density at radius 3 is 2.70 bits per heavy atom. The number of hydrogen-bond donors (Lipinski definition) is 2. The number of ether oxygens (including phenoxy) is 1. The Hall–Kier alpha value is -1.55. The van der Waals surface area contributed by atoms with Crippen molar-refractivity contribution in [2.24, 2.45) is 0 Å². The average Bonchev–Trinajstić information content (AvgIpc) is 2.42. The molecule has 4 heteroatoms. The van der Waals surface area contributed by atoms with Crippen LogP contribution in [0, 0.1) is 0 Å². The summed E-state index contributed by atoms with van der Waals surface area (Å²) < 4.78 is 5.76. The van der Waals surface area contributed by atoms with Crippen LogP contribution in [0.4, 0.5) is 0 Å². The van der Waals surface area contributed by atoms with Gasteiger partial charge in [0.1, 0.15) is 5.75 Å². The number of benzene rings is 1. The van der Waals surface area contributed by atoms with E-state index in [1.807, 2.05) is 45.0 Å². The fourth-order valence-electron chi connectivity index (χ4n) is 1.80. The summed E-state index contributed by atoms with van der Waals surface area (Å²) in [5, 5.41) is 6.15. The second-order valence-electron chi connectivity index (χ2n) is 5.05. The van der Waals surface area contributed by atoms with Crippen molar-refractivity contribution in [3.05, 3.63) is 29.8 Å². The first kappa shape index (κ1) is 16.5. The molecule has 0 bridgehead atoms. The van der Waals surface area contributed by atoms with Crippen molar-refractivity contribution in [2.75, 3.05) is 13.1 Å². The molecule has 0 heterocycles. The zero-order valence-electron chi connectivity index (χ0n) is 12.7. The van der Waals surface area contributed by atoms with E-state index in [-0.39, 0.29) is 12.0 Å². The van der Waals surface area contributed by atoms with Crippen LogP contribution in [0.3, 0.4) is 0 Å². The summed E-state index contributed by atoms with van der Waals surface area (Å²) >= 11 is 0. The molecule has 1 amide bonds. The third kappa shape index (κ3) is 6.57. The van der Waals surface area contributed by atoms with Gasteiger partial charge in [-0.05, 0) is 26.3 Å². The molecule has 0 fully saturated rings. The number of carbonyl (C=O) groups is 1. The predicted molar refractivity (Wildman–Crippen MR) is 81.8 cm³/mol. The SMILES string of the molecule is CCCNC(=O)CCNCc1ccccc1OC(C)C. The van der Waals surface area contributed by atoms with Gasteiger partial charge in [0, 0.05) is 31.6 Å². The molecule has 20 heavy (non-hydrogen) atoms. The largest absolute Gasteiger partial charge is 0.491 e. The lowest BCUT2D eigenvalue weighted by atomic mass is 10.2. The Morgan fingerprint density at radius 2 is 2.00 bits per heavy atom. The van der Waals surface area contributed by atoms with Gasteiger partial charge in [-0.1, -0.05) is 25.1 Å². The molecule has 4 nitrogen and oxygen atoms in total. The molecule has 0 aliphatic carbocycles. The van der Waals surface area contributed by atoms with Crippen LogP contribution < -0.4 is 15.4 Å². The molecular weight excluding hydrogens is 252 g/mol. The summed E-state index contributed by atoms with van der Waals surface area (Å²) in [7, 11) is 0. The summed E-state index contributed by atoms with van der Waals surface area (Å²) in [4.78, 5) is 11.4. The molecule has 0 unspecified atom stereocenters. The molecular formula is C16H26N2O2. The molecule has 0 radical (unpaired) electrons. The number of para-hydroxylation sites is 1. The number of carbonyl (C=O) groups excluding carboxylic acids is 1. The van der Waals surface area contributed by atoms with Crippen molar-refractivity contribution in [2.45, 2.75) is 46.3 Å². The van der Waals surface area contributed by atoms with E-state index in [2.05, 4.69) is 10.6 Å². The monoisotopic (exact) mass is 278 g/mol. The van der Waals surface area contributed by atoms with Gasteiger partial charge in [0.15, 0.2) is 0 Å². The molecule has 0 spiro atoms. The van der Waals surface area contributed by atoms with Gasteiger partial charge in [0.25, 0.3) is 0 Å². The number of rotatable bonds is 9. The summed E-state index contributed by atoms with van der Waals surface area (Å²) in [6, 6.07) is 7.99. The highest BCUT2D eigenvalue weighted by atomic mass is 16.5. The Balaban J connectivity index is 2.33. The summed E-state index contributed by atoms with van der Waals surface area (Å²) in [6.07, 6.45) is 1.64. The number of nitrogens with one attached hydrogen (secondary N) is 2. The van der Waals surface area contributed by atoms with E-state index >= 15 is 0 Å². The van der Waals surface area contributed by atoms with E-state index in [0.717, 1.165) is 24.3 Å². The van der Waals surface area contributed by atoms with Crippen molar-refractivity contribution in [1.29, 1.82) is 0 Å². The van der Waals surface area contributed by atoms with Gasteiger partial charge in [-0.3, -0.25) is 4.79 Å². The number of amides is 1. The van der Waals surface area contributed by atoms with Crippen LogP contribution in [0.15, 0.2) is 24.3 Å². The first-order chi connectivity index (χ1) is 9.63. The third-order valence-corrected chi connectivity index (χ3v) is 2.75. The molecule has 0 atom stereocenters. The maximum atomic E-state index is 11.4. The van der Waals surface area contributed by atoms with Crippen molar-refractivity contribution >= 4 is 5.91 Å². The van der Waals surface area contributed by atoms with Gasteiger partial charge in [-0.25, -0.2) is 0 Å². The standard InChI is InChI=1S/C16H26N2O2/c1-4-10-18-16(19)9-11-17-12-14-7-5-6-8-15(14)20-13(2)3/h5-8,13,17H,4,9-12H2,1-3H3,(H,18,19). The molecule has 112 valence electrons. The Morgan fingerprint density at radius 1 is 1.25 bits per heavy atom. The Labute approximate surface area is 121 Å². The molecule has 0 saturated carbocycles. The molecule has 0 aliphatic heterocycles. The van der Waals surface area contributed by atoms with Crippen LogP contribution in [0.2, 0.25) is 0 Å². The summed E-state index contributed by atoms with van der Waals surface area (Å²) in [6.45, 7) is 8.22. The molecule has 0 aromatic heterocycles. The summed E-state index contributed by atoms with van der Waals surface area (Å²) in [5.74, 6) is 1.01. The molecule has 1 rings (SSSR count). The predicted octanol–water partition coefficient (Wildman–Crippen LogP) is 2.48. The smallest absolute Gasteiger partial charge is 0.221 e. The highest BCUT2D eigenvalue weighted by molar-refractivity contribution is 5.75. The van der Waals surface area contributed by atoms with E-state index in [0.29, 0.717) is 19.5 Å². The van der Waals surface area contributed by atoms with Crippen LogP contribution in [-0.4, -0.2) is 25.1 Å². The Bertz CT molecular complexity index is 405. The average molecular weight is 278 g/mol. The van der Waals surface area contributed by atoms with Gasteiger partial charge in [-0.15, -0.1) is 0 Å². The fourth-order valence-corrected chi connectivity index (χ4v) is 1.80. The maximum Gasteiger partial charge on any atom is 0.221 e. The first-order valence-electron chi connectivity index (χ1n) is 7.35. The minimum absolute atomic E-state index is 0.103. The normalized spacial score (nSPS) is 10.6. The lowest BCUT2D eigenvalue weighted by Gasteiger charge is -2.14. The van der Waals surface area contributed by atoms with Crippen molar-refractivity contribution in [3.8, 4) is 5.75 Å². The van der Waals surface area contributed by atoms with Gasteiger partial charge in [0.2, 0.25) is 5.91 Å². The minimum Gasteiger partial charge on any atom is -0.491 e. The highest BCUT2D eigenvalue weighted by Gasteiger charge is 2.05. The first-order valence-corrected chi connectivity index (χ1v) is 7.35. The van der Waals surface area contributed by atoms with Crippen molar-refractivity contribution in [1.82, 2.24) is 10.6 Å². The molecule has 0 saturated heterocycles. The molecule has 1 aromatic carbocycles. The van der Waals surface area contributed by atoms with Gasteiger partial charge >= 0.3 is 0 Å². The lowest BCUT2D eigenvalue weighted by Crippen LogP contribution is -2.28. The van der Waals surface area contributed by atoms with Crippen molar-refractivity contribution < 1.29 is 9.53 Å². The molecule has 0 aliphatic rings. The van der Waals surface area contributed by atoms with Crippen LogP contribution in [0.1, 0.15) is 39.2 Å². The van der Waals surface area contributed by atoms with Crippen LogP contribution >= 0.6 is 0 Å². The van der Waals surface area contributed by atoms with Gasteiger partial charge in [-0.2, -0.15) is 0 Å². The van der Waals surface area contributed by atoms with E-state index in [9.17, 15) is 4.79 Å². The minimum atomic E-state index is 0.103. The van der Waals surface area contributed by atoms with Crippen LogP contribution in [0.25, 0.3) is 0 Å². The van der Waals surface area contributed by atoms with E-state index < -0.39 is 0 Å². The highest BCUT2D eigenvalue weighted by Crippen LogP contribution is 2.18. The molecule has 2 N–H and O–H groups in total. The maximum absolute atomic E-state index is 11.4. The van der Waals surface area contributed by atoms with Crippen LogP contribution in [0.5, 0.6) is 5.75 Å². The van der Waals surface area contributed by atoms with Crippen LogP contribution in [-0.2, 0) is 11.3 Å². The topological polar surface area (TPSA) is 50.4 Å². The fraction of sp³-hybridized carbons (Fsp3) is 0.562. The van der Waals surface area contributed by atoms with Gasteiger partial charge in [0.05, 0.1) is 6.10 Å². The Kier molecular flexibility index (Phi) is 7.73. The second kappa shape index (κ2) is 9.37. The van der Waals surface area contributed by atoms with E-state index in [1.165, 1.54) is 0 Å². The van der Waals surface area contributed by atoms with Crippen molar-refractivity contribution in [3.63, 3.8) is 0 Å². The second-order valence-corrected chi connectivity index (χ2v) is 5.05. The lowest BCUT2D eigenvalue weighted by molar-refractivity contribution is -0.120.